The third kappa shape index (κ3) is 5.76. The molecule has 20 heavy (non-hydrogen) atoms. The van der Waals surface area contributed by atoms with Crippen molar-refractivity contribution in [2.45, 2.75) is 57.4 Å². The molecule has 0 aromatic heterocycles. The van der Waals surface area contributed by atoms with Crippen LogP contribution in [0.15, 0.2) is 4.99 Å². The van der Waals surface area contributed by atoms with Crippen molar-refractivity contribution in [3.05, 3.63) is 0 Å². The Labute approximate surface area is 141 Å². The summed E-state index contributed by atoms with van der Waals surface area (Å²) in [4.78, 5) is 9.31. The van der Waals surface area contributed by atoms with Gasteiger partial charge in [-0.25, -0.2) is 0 Å². The number of halogens is 1. The normalized spacial score (nSPS) is 21.9. The Morgan fingerprint density at radius 1 is 1.10 bits per heavy atom. The van der Waals surface area contributed by atoms with Crippen molar-refractivity contribution < 1.29 is 0 Å². The highest BCUT2D eigenvalue weighted by atomic mass is 127. The minimum atomic E-state index is 0. The van der Waals surface area contributed by atoms with Gasteiger partial charge in [-0.2, -0.15) is 0 Å². The summed E-state index contributed by atoms with van der Waals surface area (Å²) in [6, 6.07) is 0.787. The van der Waals surface area contributed by atoms with E-state index in [9.17, 15) is 0 Å². The summed E-state index contributed by atoms with van der Waals surface area (Å²) in [6.07, 6.45) is 10.7. The molecule has 0 unspecified atom stereocenters. The number of hydrogen-bond acceptors (Lipinski definition) is 2. The van der Waals surface area contributed by atoms with Crippen LogP contribution in [0.1, 0.15) is 51.4 Å². The predicted octanol–water partition coefficient (Wildman–Crippen LogP) is 2.67. The van der Waals surface area contributed by atoms with E-state index >= 15 is 0 Å². The Kier molecular flexibility index (Phi) is 8.84. The molecule has 1 saturated heterocycles. The zero-order chi connectivity index (χ0) is 13.5. The van der Waals surface area contributed by atoms with Gasteiger partial charge in [0.2, 0.25) is 0 Å². The fourth-order valence-electron chi connectivity index (χ4n) is 3.25. The van der Waals surface area contributed by atoms with E-state index in [1.165, 1.54) is 51.4 Å². The summed E-state index contributed by atoms with van der Waals surface area (Å²) in [6.45, 7) is 4.07. The lowest BCUT2D eigenvalue weighted by atomic mass is 10.2. The van der Waals surface area contributed by atoms with Gasteiger partial charge in [-0.15, -0.1) is 24.0 Å². The van der Waals surface area contributed by atoms with Crippen molar-refractivity contribution in [1.29, 1.82) is 0 Å². The number of rotatable bonds is 4. The van der Waals surface area contributed by atoms with Crippen LogP contribution in [0.5, 0.6) is 0 Å². The van der Waals surface area contributed by atoms with E-state index < -0.39 is 0 Å². The fraction of sp³-hybridized carbons (Fsp3) is 0.933. The Balaban J connectivity index is 0.00000200. The van der Waals surface area contributed by atoms with Gasteiger partial charge < -0.3 is 15.5 Å². The molecule has 2 rings (SSSR count). The highest BCUT2D eigenvalue weighted by Gasteiger charge is 2.18. The highest BCUT2D eigenvalue weighted by molar-refractivity contribution is 14.0. The second kappa shape index (κ2) is 9.82. The Morgan fingerprint density at radius 2 is 1.70 bits per heavy atom. The second-order valence-electron chi connectivity index (χ2n) is 6.06. The summed E-state index contributed by atoms with van der Waals surface area (Å²) in [7, 11) is 2.23. The minimum Gasteiger partial charge on any atom is -0.370 e. The molecule has 0 amide bonds. The van der Waals surface area contributed by atoms with E-state index in [4.69, 9.17) is 5.73 Å². The first-order valence-electron chi connectivity index (χ1n) is 8.02. The zero-order valence-electron chi connectivity index (χ0n) is 12.9. The molecule has 1 aliphatic heterocycles. The van der Waals surface area contributed by atoms with Crippen molar-refractivity contribution in [3.8, 4) is 0 Å². The summed E-state index contributed by atoms with van der Waals surface area (Å²) in [5, 5.41) is 0. The van der Waals surface area contributed by atoms with Gasteiger partial charge in [-0.05, 0) is 32.7 Å². The maximum Gasteiger partial charge on any atom is 0.191 e. The number of nitrogens with zero attached hydrogens (tertiary/aromatic N) is 3. The van der Waals surface area contributed by atoms with Crippen LogP contribution in [0.2, 0.25) is 0 Å². The maximum atomic E-state index is 6.11. The molecule has 0 atom stereocenters. The number of likely N-dealkylation sites (N-methyl/N-ethyl adjacent to an activating group) is 1. The van der Waals surface area contributed by atoms with Gasteiger partial charge in [0.1, 0.15) is 0 Å². The van der Waals surface area contributed by atoms with Gasteiger partial charge in [0, 0.05) is 25.7 Å². The monoisotopic (exact) mass is 394 g/mol. The van der Waals surface area contributed by atoms with Crippen LogP contribution in [-0.4, -0.2) is 55.0 Å². The van der Waals surface area contributed by atoms with Crippen molar-refractivity contribution in [2.75, 3.05) is 33.2 Å². The minimum absolute atomic E-state index is 0. The van der Waals surface area contributed by atoms with Gasteiger partial charge >= 0.3 is 0 Å². The van der Waals surface area contributed by atoms with Crippen LogP contribution in [0, 0.1) is 0 Å². The molecule has 2 aliphatic rings. The molecule has 1 heterocycles. The number of guanidine groups is 1. The van der Waals surface area contributed by atoms with E-state index in [0.29, 0.717) is 0 Å². The topological polar surface area (TPSA) is 44.9 Å². The van der Waals surface area contributed by atoms with Crippen molar-refractivity contribution >= 4 is 29.9 Å². The molecule has 0 aromatic rings. The molecule has 0 spiro atoms. The number of nitrogens with two attached hydrogens (primary N) is 1. The van der Waals surface area contributed by atoms with Gasteiger partial charge in [-0.1, -0.05) is 25.7 Å². The van der Waals surface area contributed by atoms with E-state index in [-0.39, 0.29) is 24.0 Å². The molecule has 0 aromatic carbocycles. The predicted molar refractivity (Wildman–Crippen MR) is 96.8 cm³/mol. The molecule has 5 heteroatoms. The molecular formula is C15H31IN4. The largest absolute Gasteiger partial charge is 0.370 e. The number of aliphatic imine (C=N–C) groups is 1. The van der Waals surface area contributed by atoms with Crippen LogP contribution in [0.3, 0.4) is 0 Å². The molecule has 2 fully saturated rings. The summed E-state index contributed by atoms with van der Waals surface area (Å²) >= 11 is 0. The van der Waals surface area contributed by atoms with Crippen LogP contribution >= 0.6 is 24.0 Å². The van der Waals surface area contributed by atoms with Gasteiger partial charge in [0.05, 0.1) is 6.54 Å². The van der Waals surface area contributed by atoms with Crippen molar-refractivity contribution in [1.82, 2.24) is 9.80 Å². The highest BCUT2D eigenvalue weighted by Crippen LogP contribution is 2.21. The summed E-state index contributed by atoms with van der Waals surface area (Å²) < 4.78 is 0. The molecule has 1 aliphatic carbocycles. The first-order chi connectivity index (χ1) is 9.27. The smallest absolute Gasteiger partial charge is 0.191 e. The first-order valence-corrected chi connectivity index (χ1v) is 8.02. The average molecular weight is 394 g/mol. The molecule has 0 bridgehead atoms. The quantitative estimate of drug-likeness (QED) is 0.453. The standard InChI is InChI=1S/C15H30N4.HI/c1-18(14-8-4-5-9-14)13-10-17-15(16)19-11-6-2-3-7-12-19;/h14H,2-13H2,1H3,(H2,16,17);1H. The number of likely N-dealkylation sites (tertiary alicyclic amines) is 1. The second-order valence-corrected chi connectivity index (χ2v) is 6.06. The van der Waals surface area contributed by atoms with E-state index in [1.54, 1.807) is 0 Å². The van der Waals surface area contributed by atoms with Gasteiger partial charge in [0.15, 0.2) is 5.96 Å². The van der Waals surface area contributed by atoms with Crippen LogP contribution < -0.4 is 5.73 Å². The summed E-state index contributed by atoms with van der Waals surface area (Å²) in [5.41, 5.74) is 6.11. The third-order valence-electron chi connectivity index (χ3n) is 4.60. The van der Waals surface area contributed by atoms with Crippen LogP contribution in [0.25, 0.3) is 0 Å². The van der Waals surface area contributed by atoms with Crippen LogP contribution in [-0.2, 0) is 0 Å². The zero-order valence-corrected chi connectivity index (χ0v) is 15.2. The molecule has 1 saturated carbocycles. The lowest BCUT2D eigenvalue weighted by Crippen LogP contribution is -2.39. The lowest BCUT2D eigenvalue weighted by molar-refractivity contribution is 0.252. The maximum absolute atomic E-state index is 6.11. The van der Waals surface area contributed by atoms with Crippen molar-refractivity contribution in [3.63, 3.8) is 0 Å². The SMILES string of the molecule is CN(CCN=C(N)N1CCCCCC1)C1CCCC1.I. The van der Waals surface area contributed by atoms with Gasteiger partial charge in [0.25, 0.3) is 0 Å². The van der Waals surface area contributed by atoms with E-state index in [2.05, 4.69) is 21.8 Å². The van der Waals surface area contributed by atoms with Crippen molar-refractivity contribution in [2.24, 2.45) is 10.7 Å². The Hall–Kier alpha value is -0.0400. The first kappa shape index (κ1) is 18.0. The van der Waals surface area contributed by atoms with E-state index in [0.717, 1.165) is 38.2 Å². The number of hydrogen-bond donors (Lipinski definition) is 1. The van der Waals surface area contributed by atoms with Crippen LogP contribution in [0.4, 0.5) is 0 Å². The van der Waals surface area contributed by atoms with E-state index in [1.807, 2.05) is 0 Å². The lowest BCUT2D eigenvalue weighted by Gasteiger charge is -2.24. The summed E-state index contributed by atoms with van der Waals surface area (Å²) in [5.74, 6) is 0.765. The third-order valence-corrected chi connectivity index (χ3v) is 4.60. The molecule has 118 valence electrons. The molecule has 0 radical (unpaired) electrons. The Morgan fingerprint density at radius 3 is 2.30 bits per heavy atom. The Bertz CT molecular complexity index is 282. The molecule has 4 nitrogen and oxygen atoms in total. The molecule has 2 N–H and O–H groups in total. The average Bonchev–Trinajstić information content (AvgIpc) is 2.81. The molecular weight excluding hydrogens is 363 g/mol. The van der Waals surface area contributed by atoms with Gasteiger partial charge in [-0.3, -0.25) is 4.99 Å². The fourth-order valence-corrected chi connectivity index (χ4v) is 3.25.